The normalized spacial score (nSPS) is 13.2. The molecule has 17 heavy (non-hydrogen) atoms. The molecule has 1 heterocycles. The van der Waals surface area contributed by atoms with Crippen molar-refractivity contribution < 1.29 is 4.74 Å². The summed E-state index contributed by atoms with van der Waals surface area (Å²) in [6.07, 6.45) is 1.15. The lowest BCUT2D eigenvalue weighted by Crippen LogP contribution is -2.23. The summed E-state index contributed by atoms with van der Waals surface area (Å²) in [5.41, 5.74) is 0. The van der Waals surface area contributed by atoms with Gasteiger partial charge in [0.1, 0.15) is 0 Å². The molecule has 0 amide bonds. The van der Waals surface area contributed by atoms with Crippen molar-refractivity contribution in [2.24, 2.45) is 5.92 Å². The fraction of sp³-hybridized carbons (Fsp3) is 0.692. The molecular formula is C13H22BrNOS. The number of halogens is 1. The van der Waals surface area contributed by atoms with Crippen LogP contribution >= 0.6 is 27.3 Å². The van der Waals surface area contributed by atoms with Gasteiger partial charge in [0.15, 0.2) is 0 Å². The van der Waals surface area contributed by atoms with Crippen molar-refractivity contribution >= 4 is 27.3 Å². The Morgan fingerprint density at radius 3 is 2.71 bits per heavy atom. The van der Waals surface area contributed by atoms with Crippen molar-refractivity contribution in [3.63, 3.8) is 0 Å². The Morgan fingerprint density at radius 1 is 1.35 bits per heavy atom. The van der Waals surface area contributed by atoms with Gasteiger partial charge in [-0.15, -0.1) is 11.3 Å². The van der Waals surface area contributed by atoms with Crippen LogP contribution in [0.25, 0.3) is 0 Å². The SMILES string of the molecule is CC(C)CCOCCNC(C)c1cc(Br)cs1. The van der Waals surface area contributed by atoms with Crippen LogP contribution in [0.1, 0.15) is 38.1 Å². The topological polar surface area (TPSA) is 21.3 Å². The lowest BCUT2D eigenvalue weighted by Gasteiger charge is -2.12. The van der Waals surface area contributed by atoms with Crippen LogP contribution in [-0.2, 0) is 4.74 Å². The summed E-state index contributed by atoms with van der Waals surface area (Å²) in [6, 6.07) is 2.57. The molecule has 0 bridgehead atoms. The van der Waals surface area contributed by atoms with Gasteiger partial charge in [-0.1, -0.05) is 13.8 Å². The average Bonchev–Trinajstić information content (AvgIpc) is 2.69. The minimum atomic E-state index is 0.403. The number of hydrogen-bond acceptors (Lipinski definition) is 3. The van der Waals surface area contributed by atoms with Crippen LogP contribution in [0, 0.1) is 5.92 Å². The number of rotatable bonds is 8. The number of nitrogens with one attached hydrogen (secondary N) is 1. The molecule has 0 fully saturated rings. The van der Waals surface area contributed by atoms with Crippen LogP contribution in [0.5, 0.6) is 0 Å². The first-order chi connectivity index (χ1) is 8.09. The molecule has 1 aromatic rings. The van der Waals surface area contributed by atoms with Crippen LogP contribution in [0.15, 0.2) is 15.9 Å². The smallest absolute Gasteiger partial charge is 0.0591 e. The van der Waals surface area contributed by atoms with Crippen molar-refractivity contribution in [1.29, 1.82) is 0 Å². The predicted octanol–water partition coefficient (Wildman–Crippen LogP) is 4.22. The van der Waals surface area contributed by atoms with E-state index in [1.54, 1.807) is 11.3 Å². The molecule has 1 N–H and O–H groups in total. The highest BCUT2D eigenvalue weighted by Gasteiger charge is 2.06. The molecule has 4 heteroatoms. The van der Waals surface area contributed by atoms with E-state index in [9.17, 15) is 0 Å². The molecule has 0 radical (unpaired) electrons. The Bertz CT molecular complexity index is 314. The van der Waals surface area contributed by atoms with E-state index in [4.69, 9.17) is 4.74 Å². The van der Waals surface area contributed by atoms with E-state index in [-0.39, 0.29) is 0 Å². The van der Waals surface area contributed by atoms with Crippen LogP contribution in [0.2, 0.25) is 0 Å². The zero-order valence-electron chi connectivity index (χ0n) is 10.8. The molecule has 1 aromatic heterocycles. The van der Waals surface area contributed by atoms with Crippen LogP contribution in [-0.4, -0.2) is 19.8 Å². The summed E-state index contributed by atoms with van der Waals surface area (Å²) in [5.74, 6) is 0.727. The lowest BCUT2D eigenvalue weighted by atomic mass is 10.1. The maximum Gasteiger partial charge on any atom is 0.0591 e. The van der Waals surface area contributed by atoms with Gasteiger partial charge in [-0.05, 0) is 41.3 Å². The van der Waals surface area contributed by atoms with Gasteiger partial charge in [0.25, 0.3) is 0 Å². The second kappa shape index (κ2) is 8.25. The zero-order valence-corrected chi connectivity index (χ0v) is 13.2. The van der Waals surface area contributed by atoms with Gasteiger partial charge in [0, 0.05) is 33.9 Å². The van der Waals surface area contributed by atoms with E-state index < -0.39 is 0 Å². The Kier molecular flexibility index (Phi) is 7.35. The molecule has 0 aromatic carbocycles. The van der Waals surface area contributed by atoms with E-state index in [0.29, 0.717) is 6.04 Å². The van der Waals surface area contributed by atoms with Crippen molar-refractivity contribution in [3.05, 3.63) is 20.8 Å². The first-order valence-electron chi connectivity index (χ1n) is 6.14. The fourth-order valence-corrected chi connectivity index (χ4v) is 2.90. The molecule has 0 saturated heterocycles. The summed E-state index contributed by atoms with van der Waals surface area (Å²) in [4.78, 5) is 1.36. The molecule has 98 valence electrons. The highest BCUT2D eigenvalue weighted by molar-refractivity contribution is 9.10. The number of thiophene rings is 1. The average molecular weight is 320 g/mol. The fourth-order valence-electron chi connectivity index (χ4n) is 1.42. The second-order valence-corrected chi connectivity index (χ2v) is 6.50. The summed E-state index contributed by atoms with van der Waals surface area (Å²) >= 11 is 5.25. The van der Waals surface area contributed by atoms with E-state index in [2.05, 4.69) is 53.5 Å². The number of ether oxygens (including phenoxy) is 1. The molecule has 0 saturated carbocycles. The quantitative estimate of drug-likeness (QED) is 0.724. The molecule has 0 aliphatic carbocycles. The predicted molar refractivity (Wildman–Crippen MR) is 78.7 cm³/mol. The van der Waals surface area contributed by atoms with Gasteiger partial charge < -0.3 is 10.1 Å². The van der Waals surface area contributed by atoms with Gasteiger partial charge in [0.2, 0.25) is 0 Å². The molecule has 0 aliphatic heterocycles. The standard InChI is InChI=1S/C13H22BrNOS/c1-10(2)4-6-16-7-5-15-11(3)13-8-12(14)9-17-13/h8-11,15H,4-7H2,1-3H3. The first kappa shape index (κ1) is 15.2. The molecule has 2 nitrogen and oxygen atoms in total. The summed E-state index contributed by atoms with van der Waals surface area (Å²) in [7, 11) is 0. The third-order valence-corrected chi connectivity index (χ3v) is 4.43. The molecule has 1 unspecified atom stereocenters. The van der Waals surface area contributed by atoms with Gasteiger partial charge in [-0.3, -0.25) is 0 Å². The maximum absolute atomic E-state index is 5.57. The van der Waals surface area contributed by atoms with Crippen molar-refractivity contribution in [2.45, 2.75) is 33.2 Å². The van der Waals surface area contributed by atoms with E-state index >= 15 is 0 Å². The minimum absolute atomic E-state index is 0.403. The van der Waals surface area contributed by atoms with E-state index in [1.807, 2.05) is 0 Å². The van der Waals surface area contributed by atoms with Gasteiger partial charge in [0.05, 0.1) is 6.61 Å². The second-order valence-electron chi connectivity index (χ2n) is 4.64. The Hall–Kier alpha value is 0.1000. The van der Waals surface area contributed by atoms with Crippen LogP contribution in [0.4, 0.5) is 0 Å². The summed E-state index contributed by atoms with van der Waals surface area (Å²) in [5, 5.41) is 5.58. The Balaban J connectivity index is 2.06. The lowest BCUT2D eigenvalue weighted by molar-refractivity contribution is 0.124. The molecule has 0 spiro atoms. The van der Waals surface area contributed by atoms with Gasteiger partial charge in [-0.25, -0.2) is 0 Å². The Labute approximate surface area is 117 Å². The van der Waals surface area contributed by atoms with E-state index in [0.717, 1.165) is 32.1 Å². The van der Waals surface area contributed by atoms with Gasteiger partial charge in [-0.2, -0.15) is 0 Å². The van der Waals surface area contributed by atoms with Crippen molar-refractivity contribution in [1.82, 2.24) is 5.32 Å². The third-order valence-electron chi connectivity index (χ3n) is 2.55. The highest BCUT2D eigenvalue weighted by Crippen LogP contribution is 2.24. The minimum Gasteiger partial charge on any atom is -0.380 e. The summed E-state index contributed by atoms with van der Waals surface area (Å²) in [6.45, 7) is 9.21. The zero-order chi connectivity index (χ0) is 12.7. The highest BCUT2D eigenvalue weighted by atomic mass is 79.9. The first-order valence-corrected chi connectivity index (χ1v) is 7.82. The van der Waals surface area contributed by atoms with Crippen LogP contribution in [0.3, 0.4) is 0 Å². The molecule has 1 atom stereocenters. The number of hydrogen-bond donors (Lipinski definition) is 1. The van der Waals surface area contributed by atoms with Crippen LogP contribution < -0.4 is 5.32 Å². The van der Waals surface area contributed by atoms with Crippen molar-refractivity contribution in [2.75, 3.05) is 19.8 Å². The molecule has 1 rings (SSSR count). The largest absolute Gasteiger partial charge is 0.380 e. The maximum atomic E-state index is 5.57. The van der Waals surface area contributed by atoms with Crippen molar-refractivity contribution in [3.8, 4) is 0 Å². The summed E-state index contributed by atoms with van der Waals surface area (Å²) < 4.78 is 6.73. The molecule has 0 aliphatic rings. The molecular weight excluding hydrogens is 298 g/mol. The monoisotopic (exact) mass is 319 g/mol. The van der Waals surface area contributed by atoms with E-state index in [1.165, 1.54) is 9.35 Å². The Morgan fingerprint density at radius 2 is 2.12 bits per heavy atom. The van der Waals surface area contributed by atoms with Gasteiger partial charge >= 0.3 is 0 Å². The third kappa shape index (κ3) is 6.55.